The van der Waals surface area contributed by atoms with Crippen molar-refractivity contribution in [2.24, 2.45) is 0 Å². The monoisotopic (exact) mass is 292 g/mol. The Morgan fingerprint density at radius 1 is 1.06 bits per heavy atom. The minimum atomic E-state index is -1.68. The lowest BCUT2D eigenvalue weighted by Gasteiger charge is -2.42. The predicted molar refractivity (Wildman–Crippen MR) is 82.3 cm³/mol. The molecule has 0 N–H and O–H groups in total. The van der Waals surface area contributed by atoms with Gasteiger partial charge in [-0.05, 0) is 39.3 Å². The van der Waals surface area contributed by atoms with Crippen molar-refractivity contribution in [3.63, 3.8) is 0 Å². The average molecular weight is 293 g/mol. The summed E-state index contributed by atoms with van der Waals surface area (Å²) in [5.41, 5.74) is 0. The fourth-order valence-corrected chi connectivity index (χ4v) is 4.90. The van der Waals surface area contributed by atoms with Crippen LogP contribution in [0.4, 0.5) is 0 Å². The van der Waals surface area contributed by atoms with Crippen LogP contribution in [-0.2, 0) is 13.3 Å². The molecule has 0 rings (SSSR count). The third-order valence-corrected chi connectivity index (χ3v) is 4.06. The molecule has 0 aliphatic rings. The summed E-state index contributed by atoms with van der Waals surface area (Å²) in [4.78, 5) is 0. The SMILES string of the molecule is C=CCC(CO[SiH3])(O[Si](C)(C)C)O[Si](C)(C)C. The van der Waals surface area contributed by atoms with Gasteiger partial charge >= 0.3 is 0 Å². The molecule has 0 aromatic heterocycles. The first-order chi connectivity index (χ1) is 7.54. The highest BCUT2D eigenvalue weighted by atomic mass is 28.4. The van der Waals surface area contributed by atoms with Crippen molar-refractivity contribution in [2.75, 3.05) is 6.61 Å². The van der Waals surface area contributed by atoms with Gasteiger partial charge in [-0.1, -0.05) is 6.08 Å². The van der Waals surface area contributed by atoms with E-state index in [0.717, 1.165) is 0 Å². The maximum atomic E-state index is 6.26. The van der Waals surface area contributed by atoms with Crippen LogP contribution in [0.15, 0.2) is 12.7 Å². The Labute approximate surface area is 111 Å². The predicted octanol–water partition coefficient (Wildman–Crippen LogP) is 2.26. The first-order valence-electron chi connectivity index (χ1n) is 6.04. The smallest absolute Gasteiger partial charge is 0.187 e. The van der Waals surface area contributed by atoms with Gasteiger partial charge in [0.25, 0.3) is 0 Å². The zero-order chi connectivity index (χ0) is 13.7. The summed E-state index contributed by atoms with van der Waals surface area (Å²) in [6.07, 6.45) is 2.55. The topological polar surface area (TPSA) is 27.7 Å². The zero-order valence-electron chi connectivity index (χ0n) is 12.4. The highest BCUT2D eigenvalue weighted by Gasteiger charge is 2.39. The van der Waals surface area contributed by atoms with Gasteiger partial charge in [0.1, 0.15) is 10.5 Å². The largest absolute Gasteiger partial charge is 0.423 e. The maximum Gasteiger partial charge on any atom is 0.187 e. The Balaban J connectivity index is 5.04. The molecule has 0 spiro atoms. The van der Waals surface area contributed by atoms with Crippen molar-refractivity contribution >= 4 is 27.1 Å². The lowest BCUT2D eigenvalue weighted by molar-refractivity contribution is -0.147. The van der Waals surface area contributed by atoms with Crippen LogP contribution in [0.5, 0.6) is 0 Å². The first kappa shape index (κ1) is 17.3. The van der Waals surface area contributed by atoms with E-state index in [1.165, 1.54) is 0 Å². The highest BCUT2D eigenvalue weighted by Crippen LogP contribution is 2.28. The van der Waals surface area contributed by atoms with Gasteiger partial charge in [-0.25, -0.2) is 0 Å². The summed E-state index contributed by atoms with van der Waals surface area (Å²) in [6, 6.07) is 0. The van der Waals surface area contributed by atoms with E-state index in [0.29, 0.717) is 23.5 Å². The molecule has 3 nitrogen and oxygen atoms in total. The molecule has 0 amide bonds. The second-order valence-corrected chi connectivity index (χ2v) is 15.7. The van der Waals surface area contributed by atoms with E-state index in [2.05, 4.69) is 45.9 Å². The Bertz CT molecular complexity index is 227. The lowest BCUT2D eigenvalue weighted by Crippen LogP contribution is -2.52. The van der Waals surface area contributed by atoms with E-state index in [4.69, 9.17) is 13.3 Å². The Hall–Kier alpha value is 0.271. The summed E-state index contributed by atoms with van der Waals surface area (Å²) < 4.78 is 18.0. The summed E-state index contributed by atoms with van der Waals surface area (Å²) in [7, 11) is -2.67. The Morgan fingerprint density at radius 2 is 1.47 bits per heavy atom. The summed E-state index contributed by atoms with van der Waals surface area (Å²) in [6.45, 7) is 17.4. The van der Waals surface area contributed by atoms with Crippen LogP contribution < -0.4 is 0 Å². The van der Waals surface area contributed by atoms with E-state index < -0.39 is 22.4 Å². The molecule has 0 saturated carbocycles. The van der Waals surface area contributed by atoms with Crippen LogP contribution in [0.2, 0.25) is 39.3 Å². The third-order valence-electron chi connectivity index (χ3n) is 1.80. The molecule has 17 heavy (non-hydrogen) atoms. The van der Waals surface area contributed by atoms with Crippen LogP contribution in [0.3, 0.4) is 0 Å². The molecule has 0 atom stereocenters. The van der Waals surface area contributed by atoms with Crippen LogP contribution in [-0.4, -0.2) is 39.5 Å². The molecule has 0 aromatic carbocycles. The number of hydrogen-bond donors (Lipinski definition) is 0. The zero-order valence-corrected chi connectivity index (χ0v) is 16.4. The lowest BCUT2D eigenvalue weighted by atomic mass is 10.2. The average Bonchev–Trinajstić information content (AvgIpc) is 1.96. The Morgan fingerprint density at radius 3 is 1.71 bits per heavy atom. The number of hydrogen-bond acceptors (Lipinski definition) is 3. The second-order valence-electron chi connectivity index (χ2n) is 6.27. The molecule has 102 valence electrons. The number of rotatable bonds is 8. The quantitative estimate of drug-likeness (QED) is 0.390. The van der Waals surface area contributed by atoms with E-state index in [1.54, 1.807) is 0 Å². The molecule has 0 unspecified atom stereocenters. The minimum Gasteiger partial charge on any atom is -0.423 e. The van der Waals surface area contributed by atoms with E-state index in [1.807, 2.05) is 6.08 Å². The van der Waals surface area contributed by atoms with Gasteiger partial charge in [-0.2, -0.15) is 0 Å². The van der Waals surface area contributed by atoms with Gasteiger partial charge in [0.2, 0.25) is 0 Å². The summed E-state index contributed by atoms with van der Waals surface area (Å²) in [5, 5.41) is 0. The van der Waals surface area contributed by atoms with Crippen molar-refractivity contribution in [3.8, 4) is 0 Å². The fraction of sp³-hybridized carbons (Fsp3) is 0.818. The van der Waals surface area contributed by atoms with Gasteiger partial charge < -0.3 is 13.3 Å². The van der Waals surface area contributed by atoms with Crippen molar-refractivity contribution in [1.29, 1.82) is 0 Å². The maximum absolute atomic E-state index is 6.26. The molecule has 0 bridgehead atoms. The molecular weight excluding hydrogens is 264 g/mol. The molecule has 0 saturated heterocycles. The second kappa shape index (κ2) is 6.44. The minimum absolute atomic E-state index is 0.514. The molecule has 6 heteroatoms. The van der Waals surface area contributed by atoms with Crippen LogP contribution in [0, 0.1) is 0 Å². The third kappa shape index (κ3) is 8.06. The van der Waals surface area contributed by atoms with Crippen LogP contribution in [0.25, 0.3) is 0 Å². The van der Waals surface area contributed by atoms with Crippen molar-refractivity contribution < 1.29 is 13.3 Å². The molecule has 0 fully saturated rings. The van der Waals surface area contributed by atoms with Gasteiger partial charge in [0, 0.05) is 6.42 Å². The molecule has 0 aliphatic carbocycles. The van der Waals surface area contributed by atoms with Gasteiger partial charge in [0.05, 0.1) is 6.61 Å². The van der Waals surface area contributed by atoms with Crippen molar-refractivity contribution in [2.45, 2.75) is 51.5 Å². The first-order valence-corrected chi connectivity index (χ1v) is 13.7. The normalized spacial score (nSPS) is 14.0. The molecule has 0 heterocycles. The van der Waals surface area contributed by atoms with Crippen LogP contribution in [0.1, 0.15) is 6.42 Å². The molecule has 0 radical (unpaired) electrons. The van der Waals surface area contributed by atoms with Crippen molar-refractivity contribution in [1.82, 2.24) is 0 Å². The molecule has 0 aliphatic heterocycles. The fourth-order valence-electron chi connectivity index (χ4n) is 1.78. The van der Waals surface area contributed by atoms with Gasteiger partial charge in [-0.3, -0.25) is 0 Å². The summed E-state index contributed by atoms with van der Waals surface area (Å²) >= 11 is 0. The van der Waals surface area contributed by atoms with E-state index in [9.17, 15) is 0 Å². The van der Waals surface area contributed by atoms with E-state index >= 15 is 0 Å². The molecule has 0 aromatic rings. The van der Waals surface area contributed by atoms with Gasteiger partial charge in [0.15, 0.2) is 22.4 Å². The summed E-state index contributed by atoms with van der Waals surface area (Å²) in [5.74, 6) is -0.613. The van der Waals surface area contributed by atoms with Crippen LogP contribution >= 0.6 is 0 Å². The van der Waals surface area contributed by atoms with Crippen molar-refractivity contribution in [3.05, 3.63) is 12.7 Å². The molecular formula is C11H28O3Si3. The van der Waals surface area contributed by atoms with Gasteiger partial charge in [-0.15, -0.1) is 6.58 Å². The highest BCUT2D eigenvalue weighted by molar-refractivity contribution is 6.71. The Kier molecular flexibility index (Phi) is 6.54. The van der Waals surface area contributed by atoms with E-state index in [-0.39, 0.29) is 0 Å². The standard InChI is InChI=1S/C11H28O3Si3/c1-8-9-11(10-12-15,13-16(2,3)4)14-17(5,6)7/h8H,1,9-10H2,2-7,15H3.